The van der Waals surface area contributed by atoms with Crippen molar-refractivity contribution in [3.8, 4) is 5.75 Å². The molecule has 2 nitrogen and oxygen atoms in total. The minimum atomic E-state index is 0.284. The maximum absolute atomic E-state index is 9.71. The van der Waals surface area contributed by atoms with Crippen LogP contribution in [0.2, 0.25) is 0 Å². The molecule has 0 atom stereocenters. The second kappa shape index (κ2) is 5.74. The summed E-state index contributed by atoms with van der Waals surface area (Å²) >= 11 is 3.53. The van der Waals surface area contributed by atoms with Gasteiger partial charge in [0.25, 0.3) is 0 Å². The van der Waals surface area contributed by atoms with Gasteiger partial charge in [-0.3, -0.25) is 0 Å². The van der Waals surface area contributed by atoms with Crippen LogP contribution in [-0.4, -0.2) is 12.2 Å². The van der Waals surface area contributed by atoms with Crippen molar-refractivity contribution in [2.45, 2.75) is 0 Å². The van der Waals surface area contributed by atoms with E-state index in [-0.39, 0.29) is 5.75 Å². The Kier molecular flexibility index (Phi) is 4.05. The van der Waals surface area contributed by atoms with Crippen molar-refractivity contribution in [2.75, 3.05) is 12.4 Å². The lowest BCUT2D eigenvalue weighted by atomic mass is 10.1. The standard InChI is InChI=1S/C15H14BrNO/c1-17-14-7-4-6-13(16)12(14)10-9-11-5-2-3-8-15(11)18/h2-10,17-18H,1H3/b10-9+. The number of anilines is 1. The van der Waals surface area contributed by atoms with Gasteiger partial charge in [0.1, 0.15) is 5.75 Å². The van der Waals surface area contributed by atoms with Crippen molar-refractivity contribution in [2.24, 2.45) is 0 Å². The fraction of sp³-hybridized carbons (Fsp3) is 0.0667. The predicted molar refractivity (Wildman–Crippen MR) is 80.7 cm³/mol. The quantitative estimate of drug-likeness (QED) is 0.825. The Labute approximate surface area is 115 Å². The molecule has 0 radical (unpaired) electrons. The summed E-state index contributed by atoms with van der Waals surface area (Å²) in [6.45, 7) is 0. The van der Waals surface area contributed by atoms with Crippen molar-refractivity contribution in [3.05, 3.63) is 58.1 Å². The third kappa shape index (κ3) is 2.74. The van der Waals surface area contributed by atoms with E-state index in [4.69, 9.17) is 0 Å². The lowest BCUT2D eigenvalue weighted by Crippen LogP contribution is -1.91. The van der Waals surface area contributed by atoms with Crippen LogP contribution in [-0.2, 0) is 0 Å². The van der Waals surface area contributed by atoms with E-state index in [0.717, 1.165) is 21.3 Å². The van der Waals surface area contributed by atoms with E-state index in [1.54, 1.807) is 6.07 Å². The van der Waals surface area contributed by atoms with Crippen molar-refractivity contribution in [3.63, 3.8) is 0 Å². The summed E-state index contributed by atoms with van der Waals surface area (Å²) in [4.78, 5) is 0. The van der Waals surface area contributed by atoms with Crippen LogP contribution < -0.4 is 5.32 Å². The van der Waals surface area contributed by atoms with Crippen molar-refractivity contribution >= 4 is 33.8 Å². The van der Waals surface area contributed by atoms with Crippen molar-refractivity contribution in [1.29, 1.82) is 0 Å². The first-order valence-corrected chi connectivity index (χ1v) is 6.44. The molecule has 0 unspecified atom stereocenters. The van der Waals surface area contributed by atoms with Gasteiger partial charge in [-0.25, -0.2) is 0 Å². The number of rotatable bonds is 3. The Morgan fingerprint density at radius 2 is 1.83 bits per heavy atom. The van der Waals surface area contributed by atoms with Crippen LogP contribution in [0.5, 0.6) is 5.75 Å². The van der Waals surface area contributed by atoms with Gasteiger partial charge in [0.15, 0.2) is 0 Å². The van der Waals surface area contributed by atoms with Crippen LogP contribution in [0, 0.1) is 0 Å². The van der Waals surface area contributed by atoms with E-state index < -0.39 is 0 Å². The summed E-state index contributed by atoms with van der Waals surface area (Å²) in [7, 11) is 1.89. The van der Waals surface area contributed by atoms with Gasteiger partial charge in [-0.15, -0.1) is 0 Å². The number of halogens is 1. The molecule has 0 bridgehead atoms. The van der Waals surface area contributed by atoms with Crippen LogP contribution >= 0.6 is 15.9 Å². The van der Waals surface area contributed by atoms with Crippen molar-refractivity contribution in [1.82, 2.24) is 0 Å². The molecule has 0 spiro atoms. The molecule has 92 valence electrons. The maximum atomic E-state index is 9.71. The summed E-state index contributed by atoms with van der Waals surface area (Å²) in [5.74, 6) is 0.284. The smallest absolute Gasteiger partial charge is 0.122 e. The summed E-state index contributed by atoms with van der Waals surface area (Å²) in [5.41, 5.74) is 2.90. The normalized spacial score (nSPS) is 10.8. The molecule has 2 aromatic carbocycles. The molecule has 0 aliphatic carbocycles. The molecular formula is C15H14BrNO. The topological polar surface area (TPSA) is 32.3 Å². The van der Waals surface area contributed by atoms with Crippen LogP contribution in [0.15, 0.2) is 46.9 Å². The number of nitrogens with one attached hydrogen (secondary N) is 1. The lowest BCUT2D eigenvalue weighted by Gasteiger charge is -2.07. The van der Waals surface area contributed by atoms with Gasteiger partial charge in [0.05, 0.1) is 0 Å². The predicted octanol–water partition coefficient (Wildman–Crippen LogP) is 4.37. The molecule has 0 aliphatic rings. The molecule has 0 amide bonds. The zero-order valence-corrected chi connectivity index (χ0v) is 11.6. The Hall–Kier alpha value is -1.74. The molecule has 0 saturated heterocycles. The highest BCUT2D eigenvalue weighted by Crippen LogP contribution is 2.27. The average Bonchev–Trinajstić information content (AvgIpc) is 2.39. The number of aromatic hydroxyl groups is 1. The Balaban J connectivity index is 2.38. The highest BCUT2D eigenvalue weighted by molar-refractivity contribution is 9.10. The number of phenolic OH excluding ortho intramolecular Hbond substituents is 1. The third-order valence-corrected chi connectivity index (χ3v) is 3.38. The van der Waals surface area contributed by atoms with Gasteiger partial charge in [0, 0.05) is 28.3 Å². The van der Waals surface area contributed by atoms with Gasteiger partial charge in [0.2, 0.25) is 0 Å². The molecule has 3 heteroatoms. The number of benzene rings is 2. The maximum Gasteiger partial charge on any atom is 0.122 e. The monoisotopic (exact) mass is 303 g/mol. The summed E-state index contributed by atoms with van der Waals surface area (Å²) < 4.78 is 1.01. The lowest BCUT2D eigenvalue weighted by molar-refractivity contribution is 0.474. The van der Waals surface area contributed by atoms with E-state index in [9.17, 15) is 5.11 Å². The molecule has 0 heterocycles. The molecule has 0 saturated carbocycles. The van der Waals surface area contributed by atoms with Gasteiger partial charge < -0.3 is 10.4 Å². The van der Waals surface area contributed by atoms with Gasteiger partial charge in [-0.1, -0.05) is 52.3 Å². The van der Waals surface area contributed by atoms with E-state index in [0.29, 0.717) is 0 Å². The number of hydrogen-bond acceptors (Lipinski definition) is 2. The highest BCUT2D eigenvalue weighted by Gasteiger charge is 2.02. The molecule has 0 aromatic heterocycles. The summed E-state index contributed by atoms with van der Waals surface area (Å²) in [5, 5.41) is 12.8. The molecule has 2 N–H and O–H groups in total. The van der Waals surface area contributed by atoms with E-state index in [1.165, 1.54) is 0 Å². The molecule has 0 fully saturated rings. The molecule has 2 rings (SSSR count). The first-order chi connectivity index (χ1) is 8.72. The van der Waals surface area contributed by atoms with Crippen LogP contribution in [0.3, 0.4) is 0 Å². The SMILES string of the molecule is CNc1cccc(Br)c1/C=C/c1ccccc1O. The number of para-hydroxylation sites is 1. The molecule has 2 aromatic rings. The Bertz CT molecular complexity index is 578. The summed E-state index contributed by atoms with van der Waals surface area (Å²) in [6, 6.07) is 13.2. The minimum absolute atomic E-state index is 0.284. The molecule has 0 aliphatic heterocycles. The average molecular weight is 304 g/mol. The first kappa shape index (κ1) is 12.7. The van der Waals surface area contributed by atoms with Crippen LogP contribution in [0.25, 0.3) is 12.2 Å². The van der Waals surface area contributed by atoms with Crippen LogP contribution in [0.1, 0.15) is 11.1 Å². The Morgan fingerprint density at radius 1 is 1.06 bits per heavy atom. The van der Waals surface area contributed by atoms with Gasteiger partial charge in [-0.2, -0.15) is 0 Å². The number of phenols is 1. The number of hydrogen-bond donors (Lipinski definition) is 2. The first-order valence-electron chi connectivity index (χ1n) is 5.64. The van der Waals surface area contributed by atoms with Gasteiger partial charge in [-0.05, 0) is 18.2 Å². The zero-order valence-electron chi connectivity index (χ0n) is 10.0. The van der Waals surface area contributed by atoms with Gasteiger partial charge >= 0.3 is 0 Å². The Morgan fingerprint density at radius 3 is 2.56 bits per heavy atom. The second-order valence-corrected chi connectivity index (χ2v) is 4.70. The molecular weight excluding hydrogens is 290 g/mol. The van der Waals surface area contributed by atoms with E-state index in [2.05, 4.69) is 21.2 Å². The summed E-state index contributed by atoms with van der Waals surface area (Å²) in [6.07, 6.45) is 3.88. The van der Waals surface area contributed by atoms with Crippen molar-refractivity contribution < 1.29 is 5.11 Å². The zero-order chi connectivity index (χ0) is 13.0. The largest absolute Gasteiger partial charge is 0.507 e. The van der Waals surface area contributed by atoms with E-state index in [1.807, 2.05) is 55.6 Å². The second-order valence-electron chi connectivity index (χ2n) is 3.84. The fourth-order valence-electron chi connectivity index (χ4n) is 1.73. The third-order valence-electron chi connectivity index (χ3n) is 2.69. The minimum Gasteiger partial charge on any atom is -0.507 e. The van der Waals surface area contributed by atoms with Crippen LogP contribution in [0.4, 0.5) is 5.69 Å². The van der Waals surface area contributed by atoms with E-state index >= 15 is 0 Å². The highest BCUT2D eigenvalue weighted by atomic mass is 79.9. The molecule has 18 heavy (non-hydrogen) atoms. The fourth-order valence-corrected chi connectivity index (χ4v) is 2.22.